The van der Waals surface area contributed by atoms with E-state index in [1.54, 1.807) is 24.3 Å². The van der Waals surface area contributed by atoms with Crippen molar-refractivity contribution < 1.29 is 9.90 Å². The van der Waals surface area contributed by atoms with Gasteiger partial charge >= 0.3 is 0 Å². The van der Waals surface area contributed by atoms with E-state index in [9.17, 15) is 9.90 Å². The third kappa shape index (κ3) is 5.10. The minimum absolute atomic E-state index is 0.0343. The zero-order valence-corrected chi connectivity index (χ0v) is 12.2. The van der Waals surface area contributed by atoms with E-state index in [0.717, 1.165) is 4.47 Å². The molecule has 0 amide bonds. The molecule has 1 N–H and O–H groups in total. The van der Waals surface area contributed by atoms with Crippen LogP contribution in [-0.2, 0) is 0 Å². The van der Waals surface area contributed by atoms with Crippen molar-refractivity contribution in [1.29, 1.82) is 0 Å². The van der Waals surface area contributed by atoms with Crippen molar-refractivity contribution in [3.63, 3.8) is 0 Å². The number of hydrogen-bond acceptors (Lipinski definition) is 2. The van der Waals surface area contributed by atoms with Gasteiger partial charge in [-0.2, -0.15) is 0 Å². The lowest BCUT2D eigenvalue weighted by Gasteiger charge is -2.00. The fraction of sp³-hybridized carbons (Fsp3) is 0.0625. The summed E-state index contributed by atoms with van der Waals surface area (Å²) >= 11 is 3.26. The second-order valence-corrected chi connectivity index (χ2v) is 4.73. The van der Waals surface area contributed by atoms with Gasteiger partial charge in [0.05, 0.1) is 5.56 Å². The SMILES string of the molecule is C=C(/C=C\C=C/C)/C=C/C(=O)c1cc(Br)ccc1O. The number of aromatic hydroxyl groups is 1. The van der Waals surface area contributed by atoms with Gasteiger partial charge in [0.2, 0.25) is 0 Å². The minimum Gasteiger partial charge on any atom is -0.507 e. The summed E-state index contributed by atoms with van der Waals surface area (Å²) in [6, 6.07) is 4.74. The first-order chi connectivity index (χ1) is 9.04. The Morgan fingerprint density at radius 2 is 2.00 bits per heavy atom. The van der Waals surface area contributed by atoms with E-state index in [0.29, 0.717) is 5.57 Å². The Hall–Kier alpha value is -1.87. The fourth-order valence-electron chi connectivity index (χ4n) is 1.32. The first-order valence-electron chi connectivity index (χ1n) is 5.74. The van der Waals surface area contributed by atoms with Gasteiger partial charge in [0, 0.05) is 4.47 Å². The van der Waals surface area contributed by atoms with Gasteiger partial charge < -0.3 is 5.11 Å². The van der Waals surface area contributed by atoms with E-state index in [-0.39, 0.29) is 17.1 Å². The number of halogens is 1. The molecule has 0 saturated carbocycles. The van der Waals surface area contributed by atoms with Gasteiger partial charge in [0.25, 0.3) is 0 Å². The van der Waals surface area contributed by atoms with E-state index >= 15 is 0 Å². The van der Waals surface area contributed by atoms with Crippen LogP contribution in [0.2, 0.25) is 0 Å². The van der Waals surface area contributed by atoms with Crippen molar-refractivity contribution >= 4 is 21.7 Å². The molecular formula is C16H15BrO2. The average Bonchev–Trinajstić information content (AvgIpc) is 2.39. The van der Waals surface area contributed by atoms with Crippen LogP contribution in [0, 0.1) is 0 Å². The van der Waals surface area contributed by atoms with Crippen molar-refractivity contribution in [3.8, 4) is 5.75 Å². The third-order valence-electron chi connectivity index (χ3n) is 2.29. The second-order valence-electron chi connectivity index (χ2n) is 3.82. The van der Waals surface area contributed by atoms with E-state index in [2.05, 4.69) is 22.5 Å². The Bertz CT molecular complexity index is 566. The molecule has 1 aromatic carbocycles. The molecule has 0 bridgehead atoms. The molecule has 1 aromatic rings. The molecule has 0 aliphatic rings. The molecule has 1 rings (SSSR count). The van der Waals surface area contributed by atoms with Crippen LogP contribution in [0.3, 0.4) is 0 Å². The molecule has 0 aliphatic heterocycles. The maximum absolute atomic E-state index is 11.9. The van der Waals surface area contributed by atoms with Crippen LogP contribution in [0.5, 0.6) is 5.75 Å². The summed E-state index contributed by atoms with van der Waals surface area (Å²) in [6.07, 6.45) is 10.4. The Morgan fingerprint density at radius 1 is 1.26 bits per heavy atom. The summed E-state index contributed by atoms with van der Waals surface area (Å²) in [4.78, 5) is 11.9. The topological polar surface area (TPSA) is 37.3 Å². The van der Waals surface area contributed by atoms with Gasteiger partial charge in [0.1, 0.15) is 5.75 Å². The standard InChI is InChI=1S/C16H15BrO2/c1-3-4-5-6-12(2)7-9-15(18)14-11-13(17)8-10-16(14)19/h3-11,19H,2H2,1H3/b4-3-,6-5-,9-7+. The molecule has 2 nitrogen and oxygen atoms in total. The number of benzene rings is 1. The summed E-state index contributed by atoms with van der Waals surface area (Å²) in [6.45, 7) is 5.72. The van der Waals surface area contributed by atoms with Crippen LogP contribution >= 0.6 is 15.9 Å². The molecule has 98 valence electrons. The average molecular weight is 319 g/mol. The molecule has 3 heteroatoms. The normalized spacial score (nSPS) is 11.7. The van der Waals surface area contributed by atoms with Crippen LogP contribution in [0.1, 0.15) is 17.3 Å². The summed E-state index contributed by atoms with van der Waals surface area (Å²) in [5.41, 5.74) is 0.969. The van der Waals surface area contributed by atoms with E-state index in [4.69, 9.17) is 0 Å². The third-order valence-corrected chi connectivity index (χ3v) is 2.78. The fourth-order valence-corrected chi connectivity index (χ4v) is 1.69. The van der Waals surface area contributed by atoms with Crippen molar-refractivity contribution in [1.82, 2.24) is 0 Å². The quantitative estimate of drug-likeness (QED) is 0.490. The molecule has 0 radical (unpaired) electrons. The maximum Gasteiger partial charge on any atom is 0.189 e. The van der Waals surface area contributed by atoms with Gasteiger partial charge in [-0.1, -0.05) is 52.9 Å². The highest BCUT2D eigenvalue weighted by atomic mass is 79.9. The minimum atomic E-state index is -0.264. The molecule has 0 fully saturated rings. The largest absolute Gasteiger partial charge is 0.507 e. The van der Waals surface area contributed by atoms with Crippen LogP contribution in [0.15, 0.2) is 71.3 Å². The molecule has 0 aromatic heterocycles. The molecule has 0 unspecified atom stereocenters. The number of allylic oxidation sites excluding steroid dienone is 7. The van der Waals surface area contributed by atoms with Gasteiger partial charge in [-0.25, -0.2) is 0 Å². The van der Waals surface area contributed by atoms with Gasteiger partial charge in [-0.05, 0) is 36.8 Å². The zero-order valence-electron chi connectivity index (χ0n) is 10.6. The lowest BCUT2D eigenvalue weighted by atomic mass is 10.1. The summed E-state index contributed by atoms with van der Waals surface area (Å²) in [7, 11) is 0. The predicted molar refractivity (Wildman–Crippen MR) is 82.4 cm³/mol. The molecule has 0 aliphatic carbocycles. The van der Waals surface area contributed by atoms with Crippen molar-refractivity contribution in [2.75, 3.05) is 0 Å². The Morgan fingerprint density at radius 3 is 2.68 bits per heavy atom. The lowest BCUT2D eigenvalue weighted by molar-refractivity contribution is 0.104. The zero-order chi connectivity index (χ0) is 14.3. The van der Waals surface area contributed by atoms with Crippen molar-refractivity contribution in [2.24, 2.45) is 0 Å². The highest BCUT2D eigenvalue weighted by Gasteiger charge is 2.08. The highest BCUT2D eigenvalue weighted by Crippen LogP contribution is 2.22. The molecule has 0 heterocycles. The number of carbonyl (C=O) groups excluding carboxylic acids is 1. The molecule has 19 heavy (non-hydrogen) atoms. The summed E-state index contributed by atoms with van der Waals surface area (Å²) in [5.74, 6) is -0.299. The Labute approximate surface area is 121 Å². The maximum atomic E-state index is 11.9. The second kappa shape index (κ2) is 7.54. The number of hydrogen-bond donors (Lipinski definition) is 1. The monoisotopic (exact) mass is 318 g/mol. The number of ketones is 1. The molecular weight excluding hydrogens is 304 g/mol. The number of phenols is 1. The number of carbonyl (C=O) groups is 1. The molecule has 0 atom stereocenters. The van der Waals surface area contributed by atoms with Crippen LogP contribution in [-0.4, -0.2) is 10.9 Å². The first kappa shape index (κ1) is 15.2. The van der Waals surface area contributed by atoms with Crippen molar-refractivity contribution in [2.45, 2.75) is 6.92 Å². The smallest absolute Gasteiger partial charge is 0.189 e. The molecule has 0 saturated heterocycles. The first-order valence-corrected chi connectivity index (χ1v) is 6.53. The van der Waals surface area contributed by atoms with Crippen LogP contribution in [0.25, 0.3) is 0 Å². The van der Waals surface area contributed by atoms with Gasteiger partial charge in [0.15, 0.2) is 5.78 Å². The van der Waals surface area contributed by atoms with Crippen LogP contribution < -0.4 is 0 Å². The number of phenolic OH excluding ortho intramolecular Hbond substituents is 1. The lowest BCUT2D eigenvalue weighted by Crippen LogP contribution is -1.95. The predicted octanol–water partition coefficient (Wildman–Crippen LogP) is 4.58. The molecule has 0 spiro atoms. The number of rotatable bonds is 5. The van der Waals surface area contributed by atoms with Gasteiger partial charge in [-0.15, -0.1) is 0 Å². The summed E-state index contributed by atoms with van der Waals surface area (Å²) < 4.78 is 0.744. The summed E-state index contributed by atoms with van der Waals surface area (Å²) in [5, 5.41) is 9.62. The van der Waals surface area contributed by atoms with Crippen molar-refractivity contribution in [3.05, 3.63) is 76.8 Å². The van der Waals surface area contributed by atoms with Crippen LogP contribution in [0.4, 0.5) is 0 Å². The Kier molecular flexibility index (Phi) is 6.03. The Balaban J connectivity index is 2.79. The highest BCUT2D eigenvalue weighted by molar-refractivity contribution is 9.10. The van der Waals surface area contributed by atoms with E-state index < -0.39 is 0 Å². The van der Waals surface area contributed by atoms with E-state index in [1.807, 2.05) is 25.2 Å². The van der Waals surface area contributed by atoms with E-state index in [1.165, 1.54) is 12.1 Å². The van der Waals surface area contributed by atoms with Gasteiger partial charge in [-0.3, -0.25) is 4.79 Å².